The quantitative estimate of drug-likeness (QED) is 0.281. The molecule has 134 valence electrons. The molecule has 0 spiro atoms. The molecule has 8 nitrogen and oxygen atoms in total. The Balaban J connectivity index is 1.74. The number of nitrogens with two attached hydrogens (primary N) is 1. The lowest BCUT2D eigenvalue weighted by Crippen LogP contribution is -2.14. The van der Waals surface area contributed by atoms with Crippen LogP contribution in [0.4, 0.5) is 24.9 Å². The fourth-order valence-electron chi connectivity index (χ4n) is 1.99. The van der Waals surface area contributed by atoms with Gasteiger partial charge in [0.25, 0.3) is 0 Å². The predicted octanol–water partition coefficient (Wildman–Crippen LogP) is 2.99. The van der Waals surface area contributed by atoms with Gasteiger partial charge in [-0.3, -0.25) is 4.98 Å². The first kappa shape index (κ1) is 17.2. The number of oxime groups is 1. The second-order valence-electron chi connectivity index (χ2n) is 5.04. The maximum atomic E-state index is 12.6. The Bertz CT molecular complexity index is 920. The number of rotatable bonds is 4. The Kier molecular flexibility index (Phi) is 4.43. The SMILES string of the molecule is N/C(=N\O)c1ccc(Nc2nc(-c3ccc(C(F)(F)F)cc3)no2)cn1. The van der Waals surface area contributed by atoms with Crippen LogP contribution in [0.3, 0.4) is 0 Å². The van der Waals surface area contributed by atoms with Crippen molar-refractivity contribution >= 4 is 17.5 Å². The molecule has 2 heterocycles. The number of hydrogen-bond acceptors (Lipinski definition) is 7. The predicted molar refractivity (Wildman–Crippen MR) is 84.8 cm³/mol. The lowest BCUT2D eigenvalue weighted by Gasteiger charge is -2.05. The number of benzene rings is 1. The number of aromatic nitrogens is 3. The van der Waals surface area contributed by atoms with Gasteiger partial charge in [-0.05, 0) is 24.3 Å². The Morgan fingerprint density at radius 2 is 1.88 bits per heavy atom. The van der Waals surface area contributed by atoms with Crippen LogP contribution < -0.4 is 11.1 Å². The van der Waals surface area contributed by atoms with E-state index in [0.717, 1.165) is 12.1 Å². The first-order valence-corrected chi connectivity index (χ1v) is 7.09. The average molecular weight is 364 g/mol. The number of nitrogens with zero attached hydrogens (tertiary/aromatic N) is 4. The molecule has 0 unspecified atom stereocenters. The number of anilines is 2. The first-order valence-electron chi connectivity index (χ1n) is 7.09. The van der Waals surface area contributed by atoms with Crippen molar-refractivity contribution in [1.82, 2.24) is 15.1 Å². The van der Waals surface area contributed by atoms with E-state index in [2.05, 4.69) is 25.6 Å². The summed E-state index contributed by atoms with van der Waals surface area (Å²) in [6.07, 6.45) is -3.01. The van der Waals surface area contributed by atoms with Crippen molar-refractivity contribution in [2.45, 2.75) is 6.18 Å². The molecule has 0 saturated heterocycles. The Hall–Kier alpha value is -3.63. The standard InChI is InChI=1S/C15H11F3N6O2/c16-15(17,18)9-3-1-8(2-4-9)13-22-14(26-24-13)21-10-5-6-11(20-7-10)12(19)23-25/h1-7,25H,(H2,19,23)(H,21,22,24). The molecule has 0 aliphatic rings. The van der Waals surface area contributed by atoms with Crippen molar-refractivity contribution in [2.75, 3.05) is 5.32 Å². The topological polar surface area (TPSA) is 122 Å². The maximum absolute atomic E-state index is 12.6. The molecule has 1 aromatic carbocycles. The molecule has 0 aliphatic heterocycles. The fourth-order valence-corrected chi connectivity index (χ4v) is 1.99. The Morgan fingerprint density at radius 1 is 1.15 bits per heavy atom. The van der Waals surface area contributed by atoms with Gasteiger partial charge in [0.05, 0.1) is 17.4 Å². The summed E-state index contributed by atoms with van der Waals surface area (Å²) in [7, 11) is 0. The molecule has 3 rings (SSSR count). The third-order valence-corrected chi connectivity index (χ3v) is 3.28. The minimum atomic E-state index is -4.41. The lowest BCUT2D eigenvalue weighted by molar-refractivity contribution is -0.137. The van der Waals surface area contributed by atoms with Crippen LogP contribution in [0.5, 0.6) is 0 Å². The number of halogens is 3. The summed E-state index contributed by atoms with van der Waals surface area (Å²) >= 11 is 0. The molecule has 0 fully saturated rings. The fraction of sp³-hybridized carbons (Fsp3) is 0.0667. The van der Waals surface area contributed by atoms with E-state index in [0.29, 0.717) is 11.3 Å². The third kappa shape index (κ3) is 3.71. The number of pyridine rings is 1. The summed E-state index contributed by atoms with van der Waals surface area (Å²) in [5, 5.41) is 17.9. The molecule has 0 radical (unpaired) electrons. The van der Waals surface area contributed by atoms with Crippen molar-refractivity contribution in [3.8, 4) is 11.4 Å². The molecule has 0 aliphatic carbocycles. The molecule has 11 heteroatoms. The van der Waals surface area contributed by atoms with Gasteiger partial charge in [-0.25, -0.2) is 0 Å². The maximum Gasteiger partial charge on any atom is 0.416 e. The highest BCUT2D eigenvalue weighted by Gasteiger charge is 2.30. The van der Waals surface area contributed by atoms with Crippen LogP contribution in [0.2, 0.25) is 0 Å². The molecule has 3 aromatic rings. The largest absolute Gasteiger partial charge is 0.416 e. The van der Waals surface area contributed by atoms with Crippen LogP contribution in [-0.4, -0.2) is 26.2 Å². The highest BCUT2D eigenvalue weighted by atomic mass is 19.4. The van der Waals surface area contributed by atoms with Crippen molar-refractivity contribution in [1.29, 1.82) is 0 Å². The summed E-state index contributed by atoms with van der Waals surface area (Å²) in [5.41, 5.74) is 5.77. The van der Waals surface area contributed by atoms with Gasteiger partial charge < -0.3 is 20.8 Å². The smallest absolute Gasteiger partial charge is 0.409 e. The van der Waals surface area contributed by atoms with Gasteiger partial charge >= 0.3 is 12.2 Å². The minimum Gasteiger partial charge on any atom is -0.409 e. The third-order valence-electron chi connectivity index (χ3n) is 3.28. The van der Waals surface area contributed by atoms with Crippen LogP contribution in [-0.2, 0) is 6.18 Å². The average Bonchev–Trinajstić information content (AvgIpc) is 3.09. The van der Waals surface area contributed by atoms with Crippen LogP contribution in [0, 0.1) is 0 Å². The molecule has 0 amide bonds. The first-order chi connectivity index (χ1) is 12.4. The van der Waals surface area contributed by atoms with Crippen molar-refractivity contribution in [3.05, 3.63) is 53.9 Å². The Labute approximate surface area is 144 Å². The molecule has 2 aromatic heterocycles. The molecule has 0 saturated carbocycles. The zero-order valence-electron chi connectivity index (χ0n) is 12.9. The van der Waals surface area contributed by atoms with Crippen molar-refractivity contribution < 1.29 is 22.9 Å². The van der Waals surface area contributed by atoms with Gasteiger partial charge in [-0.15, -0.1) is 0 Å². The van der Waals surface area contributed by atoms with E-state index in [4.69, 9.17) is 15.5 Å². The van der Waals surface area contributed by atoms with Gasteiger partial charge in [0.1, 0.15) is 5.69 Å². The summed E-state index contributed by atoms with van der Waals surface area (Å²) in [5.74, 6) is -0.0126. The zero-order valence-corrected chi connectivity index (χ0v) is 12.9. The number of alkyl halides is 3. The van der Waals surface area contributed by atoms with Crippen LogP contribution >= 0.6 is 0 Å². The molecule has 26 heavy (non-hydrogen) atoms. The van der Waals surface area contributed by atoms with E-state index in [1.165, 1.54) is 24.4 Å². The lowest BCUT2D eigenvalue weighted by atomic mass is 10.1. The van der Waals surface area contributed by atoms with E-state index in [1.807, 2.05) is 0 Å². The summed E-state index contributed by atoms with van der Waals surface area (Å²) in [6.45, 7) is 0. The normalized spacial score (nSPS) is 12.2. The second-order valence-corrected chi connectivity index (χ2v) is 5.04. The van der Waals surface area contributed by atoms with Crippen LogP contribution in [0.15, 0.2) is 52.3 Å². The van der Waals surface area contributed by atoms with Gasteiger partial charge in [0.15, 0.2) is 5.84 Å². The molecule has 0 bridgehead atoms. The van der Waals surface area contributed by atoms with Crippen molar-refractivity contribution in [2.24, 2.45) is 10.9 Å². The molecular formula is C15H11F3N6O2. The van der Waals surface area contributed by atoms with Gasteiger partial charge in [-0.1, -0.05) is 22.4 Å². The van der Waals surface area contributed by atoms with E-state index in [1.54, 1.807) is 6.07 Å². The van der Waals surface area contributed by atoms with E-state index in [-0.39, 0.29) is 23.4 Å². The molecular weight excluding hydrogens is 353 g/mol. The van der Waals surface area contributed by atoms with Gasteiger partial charge in [-0.2, -0.15) is 18.2 Å². The molecule has 0 atom stereocenters. The summed E-state index contributed by atoms with van der Waals surface area (Å²) < 4.78 is 42.7. The number of nitrogens with one attached hydrogen (secondary N) is 1. The minimum absolute atomic E-state index is 0.0262. The highest BCUT2D eigenvalue weighted by Crippen LogP contribution is 2.30. The second kappa shape index (κ2) is 6.70. The number of hydrogen-bond donors (Lipinski definition) is 3. The summed E-state index contributed by atoms with van der Waals surface area (Å²) in [4.78, 5) is 8.02. The number of amidine groups is 1. The Morgan fingerprint density at radius 3 is 2.46 bits per heavy atom. The molecule has 4 N–H and O–H groups in total. The van der Waals surface area contributed by atoms with E-state index >= 15 is 0 Å². The highest BCUT2D eigenvalue weighted by molar-refractivity contribution is 5.95. The summed E-state index contributed by atoms with van der Waals surface area (Å²) in [6, 6.07) is 7.50. The van der Waals surface area contributed by atoms with Gasteiger partial charge in [0, 0.05) is 5.56 Å². The van der Waals surface area contributed by atoms with Crippen LogP contribution in [0.1, 0.15) is 11.3 Å². The van der Waals surface area contributed by atoms with Crippen molar-refractivity contribution in [3.63, 3.8) is 0 Å². The van der Waals surface area contributed by atoms with Gasteiger partial charge in [0.2, 0.25) is 5.82 Å². The zero-order chi connectivity index (χ0) is 18.7. The van der Waals surface area contributed by atoms with E-state index < -0.39 is 11.7 Å². The van der Waals surface area contributed by atoms with Crippen LogP contribution in [0.25, 0.3) is 11.4 Å². The van der Waals surface area contributed by atoms with E-state index in [9.17, 15) is 13.2 Å². The monoisotopic (exact) mass is 364 g/mol.